The topological polar surface area (TPSA) is 45.5 Å². The Balaban J connectivity index is 1.46. The molecule has 0 atom stereocenters. The van der Waals surface area contributed by atoms with Gasteiger partial charge in [-0.25, -0.2) is 5.01 Å². The molecule has 1 saturated carbocycles. The van der Waals surface area contributed by atoms with E-state index >= 15 is 0 Å². The molecule has 0 aromatic carbocycles. The third-order valence-electron chi connectivity index (χ3n) is 4.55. The van der Waals surface area contributed by atoms with Crippen molar-refractivity contribution in [3.63, 3.8) is 0 Å². The lowest BCUT2D eigenvalue weighted by Gasteiger charge is -2.44. The first-order chi connectivity index (χ1) is 10.3. The molecule has 110 valence electrons. The highest BCUT2D eigenvalue weighted by Gasteiger charge is 2.34. The van der Waals surface area contributed by atoms with Crippen molar-refractivity contribution in [2.24, 2.45) is 5.92 Å². The van der Waals surface area contributed by atoms with Crippen LogP contribution in [0, 0.1) is 5.92 Å². The van der Waals surface area contributed by atoms with Crippen LogP contribution >= 0.6 is 11.3 Å². The van der Waals surface area contributed by atoms with Crippen LogP contribution < -0.4 is 5.43 Å². The summed E-state index contributed by atoms with van der Waals surface area (Å²) in [4.78, 5) is 13.4. The van der Waals surface area contributed by atoms with Gasteiger partial charge in [-0.15, -0.1) is 11.3 Å². The molecule has 1 aliphatic carbocycles. The molecule has 1 N–H and O–H groups in total. The zero-order valence-corrected chi connectivity index (χ0v) is 12.6. The van der Waals surface area contributed by atoms with Crippen LogP contribution in [0.15, 0.2) is 34.1 Å². The molecule has 0 radical (unpaired) electrons. The Morgan fingerprint density at radius 3 is 2.76 bits per heavy atom. The fraction of sp³-hybridized carbons (Fsp3) is 0.438. The number of hydrogen-bond acceptors (Lipinski definition) is 4. The summed E-state index contributed by atoms with van der Waals surface area (Å²) in [5.41, 5.74) is 3.03. The number of hydrazine groups is 1. The maximum atomic E-state index is 12.3. The number of hydrogen-bond donors (Lipinski definition) is 1. The van der Waals surface area contributed by atoms with E-state index in [0.717, 1.165) is 23.1 Å². The zero-order chi connectivity index (χ0) is 14.2. The summed E-state index contributed by atoms with van der Waals surface area (Å²) in [6.45, 7) is 0.981. The summed E-state index contributed by atoms with van der Waals surface area (Å²) in [6.07, 6.45) is 5.01. The summed E-state index contributed by atoms with van der Waals surface area (Å²) < 4.78 is 5.68. The molecule has 3 aliphatic rings. The van der Waals surface area contributed by atoms with E-state index in [1.807, 2.05) is 23.6 Å². The average molecular weight is 302 g/mol. The highest BCUT2D eigenvalue weighted by Crippen LogP contribution is 2.33. The largest absolute Gasteiger partial charge is 0.450 e. The number of furan rings is 1. The number of amides is 1. The lowest BCUT2D eigenvalue weighted by atomic mass is 9.81. The summed E-state index contributed by atoms with van der Waals surface area (Å²) in [5, 5.41) is 4.12. The molecule has 3 fully saturated rings. The second-order valence-corrected chi connectivity index (χ2v) is 6.86. The smallest absolute Gasteiger partial charge is 0.301 e. The standard InChI is InChI=1S/C16H18N2O2S/c19-16(17-18-10-11-3-5-12(18)6-4-11)14-8-7-13(20-14)15-2-1-9-21-15/h1-2,7-9,11-12H,3-6,10H2,(H,17,19). The van der Waals surface area contributed by atoms with Crippen LogP contribution in [0.4, 0.5) is 0 Å². The molecule has 0 unspecified atom stereocenters. The monoisotopic (exact) mass is 302 g/mol. The van der Waals surface area contributed by atoms with E-state index in [1.54, 1.807) is 17.4 Å². The fourth-order valence-electron chi connectivity index (χ4n) is 3.40. The van der Waals surface area contributed by atoms with E-state index in [1.165, 1.54) is 25.7 Å². The van der Waals surface area contributed by atoms with Gasteiger partial charge >= 0.3 is 5.91 Å². The second kappa shape index (κ2) is 5.31. The highest BCUT2D eigenvalue weighted by atomic mass is 32.1. The van der Waals surface area contributed by atoms with E-state index < -0.39 is 0 Å². The van der Waals surface area contributed by atoms with Crippen LogP contribution in [0.2, 0.25) is 0 Å². The maximum absolute atomic E-state index is 12.3. The van der Waals surface area contributed by atoms with Crippen LogP contribution in [0.25, 0.3) is 10.6 Å². The van der Waals surface area contributed by atoms with Gasteiger partial charge < -0.3 is 4.42 Å². The molecule has 2 aliphatic heterocycles. The second-order valence-electron chi connectivity index (χ2n) is 5.91. The van der Waals surface area contributed by atoms with Gasteiger partial charge in [0.15, 0.2) is 5.76 Å². The molecule has 5 heteroatoms. The van der Waals surface area contributed by atoms with Gasteiger partial charge in [0.05, 0.1) is 4.88 Å². The molecule has 1 amide bonds. The van der Waals surface area contributed by atoms with Crippen molar-refractivity contribution >= 4 is 17.2 Å². The Morgan fingerprint density at radius 2 is 2.10 bits per heavy atom. The molecule has 4 nitrogen and oxygen atoms in total. The predicted molar refractivity (Wildman–Crippen MR) is 81.9 cm³/mol. The minimum Gasteiger partial charge on any atom is -0.450 e. The summed E-state index contributed by atoms with van der Waals surface area (Å²) in [7, 11) is 0. The summed E-state index contributed by atoms with van der Waals surface area (Å²) >= 11 is 1.61. The van der Waals surface area contributed by atoms with E-state index in [9.17, 15) is 4.79 Å². The van der Waals surface area contributed by atoms with E-state index in [0.29, 0.717) is 11.8 Å². The Hall–Kier alpha value is -1.59. The van der Waals surface area contributed by atoms with Gasteiger partial charge in [0.2, 0.25) is 0 Å². The van der Waals surface area contributed by atoms with E-state index in [-0.39, 0.29) is 5.91 Å². The fourth-order valence-corrected chi connectivity index (χ4v) is 4.09. The summed E-state index contributed by atoms with van der Waals surface area (Å²) in [5.74, 6) is 1.76. The minimum atomic E-state index is -0.134. The van der Waals surface area contributed by atoms with E-state index in [2.05, 4.69) is 10.4 Å². The molecule has 2 saturated heterocycles. The first kappa shape index (κ1) is 13.1. The van der Waals surface area contributed by atoms with Crippen molar-refractivity contribution in [1.29, 1.82) is 0 Å². The number of rotatable bonds is 3. The van der Waals surface area contributed by atoms with Gasteiger partial charge in [-0.05, 0) is 55.2 Å². The van der Waals surface area contributed by atoms with Crippen molar-refractivity contribution in [3.8, 4) is 10.6 Å². The highest BCUT2D eigenvalue weighted by molar-refractivity contribution is 7.13. The van der Waals surface area contributed by atoms with Crippen LogP contribution in [0.1, 0.15) is 36.2 Å². The van der Waals surface area contributed by atoms with Gasteiger partial charge in [0, 0.05) is 12.6 Å². The van der Waals surface area contributed by atoms with Gasteiger partial charge in [0.25, 0.3) is 0 Å². The molecular formula is C16H18N2O2S. The molecule has 21 heavy (non-hydrogen) atoms. The number of nitrogens with one attached hydrogen (secondary N) is 1. The van der Waals surface area contributed by atoms with Crippen LogP contribution in [0.5, 0.6) is 0 Å². The molecule has 0 spiro atoms. The molecular weight excluding hydrogens is 284 g/mol. The minimum absolute atomic E-state index is 0.134. The SMILES string of the molecule is O=C(NN1CC2CCC1CC2)c1ccc(-c2cccs2)o1. The van der Waals surface area contributed by atoms with Crippen molar-refractivity contribution in [1.82, 2.24) is 10.4 Å². The number of thiophene rings is 1. The average Bonchev–Trinajstić information content (AvgIpc) is 3.20. The predicted octanol–water partition coefficient (Wildman–Crippen LogP) is 3.53. The normalized spacial score (nSPS) is 25.1. The molecule has 4 heterocycles. The number of nitrogens with zero attached hydrogens (tertiary/aromatic N) is 1. The molecule has 2 aromatic heterocycles. The Kier molecular flexibility index (Phi) is 3.31. The Morgan fingerprint density at radius 1 is 1.24 bits per heavy atom. The number of carbonyl (C=O) groups excluding carboxylic acids is 1. The van der Waals surface area contributed by atoms with Gasteiger partial charge in [-0.2, -0.15) is 0 Å². The van der Waals surface area contributed by atoms with Crippen molar-refractivity contribution in [2.45, 2.75) is 31.7 Å². The van der Waals surface area contributed by atoms with Gasteiger partial charge in [0.1, 0.15) is 5.76 Å². The Labute approximate surface area is 127 Å². The van der Waals surface area contributed by atoms with E-state index in [4.69, 9.17) is 4.42 Å². The number of carbonyl (C=O) groups is 1. The van der Waals surface area contributed by atoms with Crippen LogP contribution in [0.3, 0.4) is 0 Å². The van der Waals surface area contributed by atoms with Crippen LogP contribution in [-0.4, -0.2) is 23.5 Å². The van der Waals surface area contributed by atoms with Crippen molar-refractivity contribution in [3.05, 3.63) is 35.4 Å². The number of piperidine rings is 2. The number of fused-ring (bicyclic) bond motifs is 3. The lowest BCUT2D eigenvalue weighted by Crippen LogP contribution is -2.56. The first-order valence-corrected chi connectivity index (χ1v) is 8.39. The quantitative estimate of drug-likeness (QED) is 0.943. The van der Waals surface area contributed by atoms with Crippen molar-refractivity contribution in [2.75, 3.05) is 6.54 Å². The lowest BCUT2D eigenvalue weighted by molar-refractivity contribution is 0.00690. The third-order valence-corrected chi connectivity index (χ3v) is 5.44. The maximum Gasteiger partial charge on any atom is 0.301 e. The summed E-state index contributed by atoms with van der Waals surface area (Å²) in [6, 6.07) is 8.10. The zero-order valence-electron chi connectivity index (χ0n) is 11.7. The van der Waals surface area contributed by atoms with Crippen LogP contribution in [-0.2, 0) is 0 Å². The van der Waals surface area contributed by atoms with Gasteiger partial charge in [-0.3, -0.25) is 10.2 Å². The van der Waals surface area contributed by atoms with Crippen molar-refractivity contribution < 1.29 is 9.21 Å². The molecule has 2 aromatic rings. The molecule has 2 bridgehead atoms. The first-order valence-electron chi connectivity index (χ1n) is 7.51. The molecule has 5 rings (SSSR count). The Bertz CT molecular complexity index is 627. The third kappa shape index (κ3) is 2.51. The van der Waals surface area contributed by atoms with Gasteiger partial charge in [-0.1, -0.05) is 6.07 Å².